The van der Waals surface area contributed by atoms with Crippen LogP contribution in [0.4, 0.5) is 10.5 Å². The number of aliphatic carboxylic acids is 1. The van der Waals surface area contributed by atoms with E-state index in [-0.39, 0.29) is 17.9 Å². The molecule has 2 atom stereocenters. The zero-order valence-corrected chi connectivity index (χ0v) is 10.4. The standard InChI is InChI=1S/C12H16N4O3/c17-11(18)10-3-1-2-8(10)4-15-12(19)16-9-5-13-7-14-6-9/h5-8,10H,1-4H2,(H,17,18)(H2,15,16,19). The Kier molecular flexibility index (Phi) is 4.27. The van der Waals surface area contributed by atoms with Gasteiger partial charge in [-0.15, -0.1) is 0 Å². The number of amides is 2. The van der Waals surface area contributed by atoms with Crippen LogP contribution >= 0.6 is 0 Å². The molecule has 1 aliphatic carbocycles. The van der Waals surface area contributed by atoms with E-state index < -0.39 is 5.97 Å². The number of nitrogens with one attached hydrogen (secondary N) is 2. The Bertz CT molecular complexity index is 452. The summed E-state index contributed by atoms with van der Waals surface area (Å²) in [6.45, 7) is 0.372. The van der Waals surface area contributed by atoms with Crippen LogP contribution in [0.5, 0.6) is 0 Å². The van der Waals surface area contributed by atoms with Gasteiger partial charge in [0.05, 0.1) is 24.0 Å². The van der Waals surface area contributed by atoms with Crippen LogP contribution in [0.1, 0.15) is 19.3 Å². The predicted molar refractivity (Wildman–Crippen MR) is 67.5 cm³/mol. The SMILES string of the molecule is O=C(NCC1CCCC1C(=O)O)Nc1cncnc1. The van der Waals surface area contributed by atoms with Crippen molar-refractivity contribution in [1.29, 1.82) is 0 Å². The van der Waals surface area contributed by atoms with E-state index >= 15 is 0 Å². The van der Waals surface area contributed by atoms with Gasteiger partial charge in [0.25, 0.3) is 0 Å². The number of urea groups is 1. The van der Waals surface area contributed by atoms with E-state index in [9.17, 15) is 9.59 Å². The summed E-state index contributed by atoms with van der Waals surface area (Å²) in [5, 5.41) is 14.3. The van der Waals surface area contributed by atoms with Gasteiger partial charge in [-0.1, -0.05) is 6.42 Å². The summed E-state index contributed by atoms with van der Waals surface area (Å²) in [5.41, 5.74) is 0.501. The zero-order valence-electron chi connectivity index (χ0n) is 10.4. The smallest absolute Gasteiger partial charge is 0.319 e. The fourth-order valence-electron chi connectivity index (χ4n) is 2.37. The van der Waals surface area contributed by atoms with Crippen LogP contribution in [0.3, 0.4) is 0 Å². The van der Waals surface area contributed by atoms with E-state index in [2.05, 4.69) is 20.6 Å². The van der Waals surface area contributed by atoms with Gasteiger partial charge in [0.2, 0.25) is 0 Å². The Morgan fingerprint density at radius 2 is 2.05 bits per heavy atom. The molecule has 0 aromatic carbocycles. The Balaban J connectivity index is 1.79. The van der Waals surface area contributed by atoms with Crippen molar-refractivity contribution in [2.24, 2.45) is 11.8 Å². The lowest BCUT2D eigenvalue weighted by atomic mass is 9.96. The van der Waals surface area contributed by atoms with Crippen LogP contribution in [-0.4, -0.2) is 33.6 Å². The summed E-state index contributed by atoms with van der Waals surface area (Å²) < 4.78 is 0. The molecule has 2 rings (SSSR count). The average Bonchev–Trinajstić information content (AvgIpc) is 2.86. The summed E-state index contributed by atoms with van der Waals surface area (Å²) in [4.78, 5) is 30.2. The first kappa shape index (κ1) is 13.3. The van der Waals surface area contributed by atoms with E-state index in [1.807, 2.05) is 0 Å². The van der Waals surface area contributed by atoms with Crippen molar-refractivity contribution in [3.63, 3.8) is 0 Å². The molecule has 0 radical (unpaired) electrons. The summed E-state index contributed by atoms with van der Waals surface area (Å²) in [6, 6.07) is -0.370. The van der Waals surface area contributed by atoms with Gasteiger partial charge in [-0.3, -0.25) is 4.79 Å². The first-order chi connectivity index (χ1) is 9.16. The molecular formula is C12H16N4O3. The molecule has 1 aromatic rings. The highest BCUT2D eigenvalue weighted by Gasteiger charge is 2.32. The lowest BCUT2D eigenvalue weighted by molar-refractivity contribution is -0.142. The van der Waals surface area contributed by atoms with Gasteiger partial charge in [-0.05, 0) is 18.8 Å². The molecule has 7 heteroatoms. The molecule has 0 saturated heterocycles. The van der Waals surface area contributed by atoms with E-state index in [1.165, 1.54) is 18.7 Å². The second-order valence-electron chi connectivity index (χ2n) is 4.60. The van der Waals surface area contributed by atoms with Crippen LogP contribution in [0.15, 0.2) is 18.7 Å². The molecule has 1 saturated carbocycles. The molecule has 0 aliphatic heterocycles. The number of hydrogen-bond donors (Lipinski definition) is 3. The van der Waals surface area contributed by atoms with Crippen molar-refractivity contribution >= 4 is 17.7 Å². The van der Waals surface area contributed by atoms with Gasteiger partial charge in [0.1, 0.15) is 6.33 Å². The van der Waals surface area contributed by atoms with Crippen LogP contribution < -0.4 is 10.6 Å². The molecule has 19 heavy (non-hydrogen) atoms. The Hall–Kier alpha value is -2.18. The van der Waals surface area contributed by atoms with E-state index in [0.717, 1.165) is 12.8 Å². The molecular weight excluding hydrogens is 248 g/mol. The van der Waals surface area contributed by atoms with Gasteiger partial charge in [0, 0.05) is 6.54 Å². The summed E-state index contributed by atoms with van der Waals surface area (Å²) in [6.07, 6.45) is 6.78. The molecule has 1 heterocycles. The van der Waals surface area contributed by atoms with E-state index in [4.69, 9.17) is 5.11 Å². The Morgan fingerprint density at radius 3 is 2.74 bits per heavy atom. The van der Waals surface area contributed by atoms with Crippen LogP contribution in [0, 0.1) is 11.8 Å². The van der Waals surface area contributed by atoms with Crippen molar-refractivity contribution in [3.05, 3.63) is 18.7 Å². The Labute approximate surface area is 110 Å². The minimum Gasteiger partial charge on any atom is -0.481 e. The third-order valence-electron chi connectivity index (χ3n) is 3.32. The number of carboxylic acids is 1. The number of aromatic nitrogens is 2. The summed E-state index contributed by atoms with van der Waals surface area (Å²) >= 11 is 0. The van der Waals surface area contributed by atoms with Crippen LogP contribution in [-0.2, 0) is 4.79 Å². The van der Waals surface area contributed by atoms with Crippen molar-refractivity contribution in [2.75, 3.05) is 11.9 Å². The number of hydrogen-bond acceptors (Lipinski definition) is 4. The Morgan fingerprint density at radius 1 is 1.32 bits per heavy atom. The highest BCUT2D eigenvalue weighted by molar-refractivity contribution is 5.88. The lowest BCUT2D eigenvalue weighted by Gasteiger charge is -2.16. The maximum atomic E-state index is 11.6. The van der Waals surface area contributed by atoms with Crippen molar-refractivity contribution in [2.45, 2.75) is 19.3 Å². The van der Waals surface area contributed by atoms with Crippen molar-refractivity contribution in [1.82, 2.24) is 15.3 Å². The van der Waals surface area contributed by atoms with E-state index in [1.54, 1.807) is 0 Å². The number of nitrogens with zero attached hydrogens (tertiary/aromatic N) is 2. The molecule has 0 bridgehead atoms. The van der Waals surface area contributed by atoms with Gasteiger partial charge < -0.3 is 15.7 Å². The normalized spacial score (nSPS) is 21.9. The molecule has 1 aromatic heterocycles. The minimum atomic E-state index is -0.777. The molecule has 1 aliphatic rings. The average molecular weight is 264 g/mol. The zero-order chi connectivity index (χ0) is 13.7. The highest BCUT2D eigenvalue weighted by Crippen LogP contribution is 2.31. The first-order valence-corrected chi connectivity index (χ1v) is 6.19. The number of anilines is 1. The second kappa shape index (κ2) is 6.12. The molecule has 7 nitrogen and oxygen atoms in total. The quantitative estimate of drug-likeness (QED) is 0.755. The molecule has 2 unspecified atom stereocenters. The van der Waals surface area contributed by atoms with Gasteiger partial charge in [-0.25, -0.2) is 14.8 Å². The van der Waals surface area contributed by atoms with Gasteiger partial charge >= 0.3 is 12.0 Å². The fourth-order valence-corrected chi connectivity index (χ4v) is 2.37. The number of carbonyl (C=O) groups is 2. The molecule has 1 fully saturated rings. The molecule has 3 N–H and O–H groups in total. The third kappa shape index (κ3) is 3.64. The molecule has 102 valence electrons. The largest absolute Gasteiger partial charge is 0.481 e. The fraction of sp³-hybridized carbons (Fsp3) is 0.500. The third-order valence-corrected chi connectivity index (χ3v) is 3.32. The molecule has 0 spiro atoms. The summed E-state index contributed by atoms with van der Waals surface area (Å²) in [7, 11) is 0. The number of carbonyl (C=O) groups excluding carboxylic acids is 1. The predicted octanol–water partition coefficient (Wildman–Crippen LogP) is 1.10. The number of rotatable bonds is 4. The van der Waals surface area contributed by atoms with Crippen LogP contribution in [0.25, 0.3) is 0 Å². The lowest BCUT2D eigenvalue weighted by Crippen LogP contribution is -2.35. The topological polar surface area (TPSA) is 104 Å². The number of carboxylic acid groups (broad SMARTS) is 1. The second-order valence-corrected chi connectivity index (χ2v) is 4.60. The monoisotopic (exact) mass is 264 g/mol. The highest BCUT2D eigenvalue weighted by atomic mass is 16.4. The van der Waals surface area contributed by atoms with Crippen molar-refractivity contribution < 1.29 is 14.7 Å². The van der Waals surface area contributed by atoms with Crippen molar-refractivity contribution in [3.8, 4) is 0 Å². The van der Waals surface area contributed by atoms with Gasteiger partial charge in [-0.2, -0.15) is 0 Å². The maximum absolute atomic E-state index is 11.6. The maximum Gasteiger partial charge on any atom is 0.319 e. The molecule has 2 amide bonds. The summed E-state index contributed by atoms with van der Waals surface area (Å²) in [5.74, 6) is -1.11. The van der Waals surface area contributed by atoms with E-state index in [0.29, 0.717) is 18.7 Å². The minimum absolute atomic E-state index is 0.00951. The van der Waals surface area contributed by atoms with Gasteiger partial charge in [0.15, 0.2) is 0 Å². The first-order valence-electron chi connectivity index (χ1n) is 6.19. The van der Waals surface area contributed by atoms with Crippen LogP contribution in [0.2, 0.25) is 0 Å².